The fraction of sp³-hybridized carbons (Fsp3) is 0.333. The maximum atomic E-state index is 13.6. The molecule has 0 N–H and O–H groups in total. The fourth-order valence-electron chi connectivity index (χ4n) is 4.02. The average molecular weight is 498 g/mol. The van der Waals surface area contributed by atoms with Crippen LogP contribution < -0.4 is 15.2 Å². The van der Waals surface area contributed by atoms with Crippen LogP contribution in [0.4, 0.5) is 0 Å². The van der Waals surface area contributed by atoms with Crippen molar-refractivity contribution in [2.75, 3.05) is 25.7 Å². The molecule has 4 aromatic heterocycles. The monoisotopic (exact) mass is 497 g/mol. The van der Waals surface area contributed by atoms with Gasteiger partial charge in [0.15, 0.2) is 11.4 Å². The number of sulfone groups is 1. The Morgan fingerprint density at radius 3 is 2.54 bits per heavy atom. The molecule has 0 aliphatic heterocycles. The van der Waals surface area contributed by atoms with E-state index in [1.54, 1.807) is 29.1 Å². The van der Waals surface area contributed by atoms with Crippen molar-refractivity contribution in [2.24, 2.45) is 0 Å². The Bertz CT molecular complexity index is 1510. The van der Waals surface area contributed by atoms with E-state index in [1.165, 1.54) is 11.7 Å². The lowest BCUT2D eigenvalue weighted by molar-refractivity contribution is 0.296. The van der Waals surface area contributed by atoms with Crippen molar-refractivity contribution in [1.82, 2.24) is 24.1 Å². The van der Waals surface area contributed by atoms with Crippen LogP contribution in [0.3, 0.4) is 0 Å². The average Bonchev–Trinajstić information content (AvgIpc) is 3.12. The van der Waals surface area contributed by atoms with Gasteiger partial charge in [-0.1, -0.05) is 6.07 Å². The Morgan fingerprint density at radius 1 is 1.11 bits per heavy atom. The third-order valence-electron chi connectivity index (χ3n) is 5.54. The zero-order chi connectivity index (χ0) is 25.2. The van der Waals surface area contributed by atoms with Gasteiger partial charge in [-0.2, -0.15) is 0 Å². The molecule has 4 rings (SSSR count). The largest absolute Gasteiger partial charge is 0.491 e. The van der Waals surface area contributed by atoms with Crippen LogP contribution in [0.15, 0.2) is 53.6 Å². The number of rotatable bonds is 9. The van der Waals surface area contributed by atoms with Gasteiger partial charge in [0.1, 0.15) is 9.84 Å². The highest BCUT2D eigenvalue weighted by molar-refractivity contribution is 7.90. The van der Waals surface area contributed by atoms with E-state index in [4.69, 9.17) is 9.47 Å². The molecule has 35 heavy (non-hydrogen) atoms. The maximum Gasteiger partial charge on any atom is 0.330 e. The van der Waals surface area contributed by atoms with Gasteiger partial charge >= 0.3 is 5.69 Å². The van der Waals surface area contributed by atoms with Gasteiger partial charge in [-0.15, -0.1) is 0 Å². The fourth-order valence-corrected chi connectivity index (χ4v) is 4.91. The summed E-state index contributed by atoms with van der Waals surface area (Å²) in [5, 5.41) is 0. The van der Waals surface area contributed by atoms with E-state index in [-0.39, 0.29) is 17.3 Å². The number of pyridine rings is 3. The number of fused-ring (bicyclic) bond motifs is 1. The van der Waals surface area contributed by atoms with Gasteiger partial charge in [-0.25, -0.2) is 23.2 Å². The molecular formula is C24H27N5O5S. The molecular weight excluding hydrogens is 470 g/mol. The SMILES string of the molecule is CCOc1nc([C@@H](CS(C)(=O)=O)n2c(=O)n(CC)c3cc(-c4ccccn4)cnc32)ccc1OC. The van der Waals surface area contributed by atoms with Crippen LogP contribution in [0.25, 0.3) is 22.4 Å². The minimum absolute atomic E-state index is 0.226. The quantitative estimate of drug-likeness (QED) is 0.346. The molecule has 184 valence electrons. The smallest absolute Gasteiger partial charge is 0.330 e. The number of hydrogen-bond donors (Lipinski definition) is 0. The van der Waals surface area contributed by atoms with E-state index in [0.717, 1.165) is 17.5 Å². The first-order chi connectivity index (χ1) is 16.8. The predicted octanol–water partition coefficient (Wildman–Crippen LogP) is 2.72. The topological polar surface area (TPSA) is 118 Å². The zero-order valence-electron chi connectivity index (χ0n) is 20.0. The van der Waals surface area contributed by atoms with E-state index >= 15 is 0 Å². The summed E-state index contributed by atoms with van der Waals surface area (Å²) in [5.74, 6) is 0.295. The van der Waals surface area contributed by atoms with Gasteiger partial charge in [0.2, 0.25) is 0 Å². The van der Waals surface area contributed by atoms with Crippen molar-refractivity contribution >= 4 is 21.0 Å². The Hall–Kier alpha value is -3.73. The van der Waals surface area contributed by atoms with Crippen LogP contribution in [-0.4, -0.2) is 58.2 Å². The molecule has 0 saturated carbocycles. The maximum absolute atomic E-state index is 13.6. The van der Waals surface area contributed by atoms with Gasteiger partial charge in [-0.3, -0.25) is 14.1 Å². The second kappa shape index (κ2) is 9.87. The van der Waals surface area contributed by atoms with Crippen LogP contribution in [0.5, 0.6) is 11.6 Å². The van der Waals surface area contributed by atoms with Crippen LogP contribution in [0.2, 0.25) is 0 Å². The summed E-state index contributed by atoms with van der Waals surface area (Å²) < 4.78 is 38.8. The molecule has 0 aliphatic rings. The Balaban J connectivity index is 1.96. The minimum Gasteiger partial charge on any atom is -0.491 e. The first-order valence-corrected chi connectivity index (χ1v) is 13.2. The number of nitrogens with zero attached hydrogens (tertiary/aromatic N) is 5. The molecule has 0 aromatic carbocycles. The first kappa shape index (κ1) is 24.4. The molecule has 0 aliphatic carbocycles. The van der Waals surface area contributed by atoms with E-state index < -0.39 is 15.9 Å². The molecule has 0 bridgehead atoms. The summed E-state index contributed by atoms with van der Waals surface area (Å²) in [4.78, 5) is 27.1. The normalized spacial score (nSPS) is 12.6. The number of methoxy groups -OCH3 is 1. The summed E-state index contributed by atoms with van der Waals surface area (Å²) >= 11 is 0. The minimum atomic E-state index is -3.51. The van der Waals surface area contributed by atoms with Crippen molar-refractivity contribution in [3.63, 3.8) is 0 Å². The third kappa shape index (κ3) is 4.90. The lowest BCUT2D eigenvalue weighted by Crippen LogP contribution is -2.32. The summed E-state index contributed by atoms with van der Waals surface area (Å²) in [6.07, 6.45) is 4.44. The van der Waals surface area contributed by atoms with Gasteiger partial charge in [0, 0.05) is 30.8 Å². The van der Waals surface area contributed by atoms with E-state index in [9.17, 15) is 13.2 Å². The lowest BCUT2D eigenvalue weighted by Gasteiger charge is -2.19. The number of hydrogen-bond acceptors (Lipinski definition) is 8. The molecule has 1 atom stereocenters. The van der Waals surface area contributed by atoms with Gasteiger partial charge in [-0.05, 0) is 44.2 Å². The summed E-state index contributed by atoms with van der Waals surface area (Å²) in [7, 11) is -2.02. The van der Waals surface area contributed by atoms with Gasteiger partial charge in [0.05, 0.1) is 42.4 Å². The second-order valence-corrected chi connectivity index (χ2v) is 10.1. The standard InChI is InChI=1S/C24H27N5O5S/c1-5-28-19-13-16(17-9-7-8-12-25-17)14-26-22(19)29(24(28)30)20(15-35(4,31)32)18-10-11-21(33-3)23(27-18)34-6-2/h7-14,20H,5-6,15H2,1-4H3/t20-/m1/s1. The molecule has 0 amide bonds. The molecule has 11 heteroatoms. The highest BCUT2D eigenvalue weighted by Crippen LogP contribution is 2.30. The van der Waals surface area contributed by atoms with Crippen molar-refractivity contribution in [3.05, 3.63) is 65.0 Å². The van der Waals surface area contributed by atoms with Gasteiger partial charge in [0.25, 0.3) is 5.88 Å². The van der Waals surface area contributed by atoms with Crippen LogP contribution in [-0.2, 0) is 16.4 Å². The molecule has 10 nitrogen and oxygen atoms in total. The Kier molecular flexibility index (Phi) is 6.88. The Labute approximate surface area is 203 Å². The molecule has 0 spiro atoms. The number of imidazole rings is 1. The summed E-state index contributed by atoms with van der Waals surface area (Å²) in [5.41, 5.74) is 2.39. The summed E-state index contributed by atoms with van der Waals surface area (Å²) in [6.45, 7) is 4.38. The highest BCUT2D eigenvalue weighted by Gasteiger charge is 2.28. The highest BCUT2D eigenvalue weighted by atomic mass is 32.2. The van der Waals surface area contributed by atoms with Crippen LogP contribution >= 0.6 is 0 Å². The molecule has 0 fully saturated rings. The number of ether oxygens (including phenoxy) is 2. The molecule has 4 heterocycles. The molecule has 0 radical (unpaired) electrons. The van der Waals surface area contributed by atoms with Crippen molar-refractivity contribution in [3.8, 4) is 22.9 Å². The van der Waals surface area contributed by atoms with E-state index in [2.05, 4.69) is 15.0 Å². The molecule has 0 saturated heterocycles. The predicted molar refractivity (Wildman–Crippen MR) is 133 cm³/mol. The van der Waals surface area contributed by atoms with E-state index in [0.29, 0.717) is 35.8 Å². The number of aryl methyl sites for hydroxylation is 1. The van der Waals surface area contributed by atoms with E-state index in [1.807, 2.05) is 38.1 Å². The first-order valence-electron chi connectivity index (χ1n) is 11.1. The third-order valence-corrected chi connectivity index (χ3v) is 6.46. The number of aromatic nitrogens is 5. The van der Waals surface area contributed by atoms with Crippen LogP contribution in [0.1, 0.15) is 25.6 Å². The summed E-state index contributed by atoms with van der Waals surface area (Å²) in [6, 6.07) is 9.76. The zero-order valence-corrected chi connectivity index (χ0v) is 20.8. The molecule has 0 unspecified atom stereocenters. The van der Waals surface area contributed by atoms with Gasteiger partial charge < -0.3 is 9.47 Å². The second-order valence-electron chi connectivity index (χ2n) is 7.96. The lowest BCUT2D eigenvalue weighted by atomic mass is 10.1. The van der Waals surface area contributed by atoms with Crippen LogP contribution in [0, 0.1) is 0 Å². The molecule has 4 aromatic rings. The Morgan fingerprint density at radius 2 is 1.91 bits per heavy atom. The van der Waals surface area contributed by atoms with Crippen molar-refractivity contribution in [1.29, 1.82) is 0 Å². The van der Waals surface area contributed by atoms with Crippen molar-refractivity contribution < 1.29 is 17.9 Å². The van der Waals surface area contributed by atoms with Crippen molar-refractivity contribution in [2.45, 2.75) is 26.4 Å².